The van der Waals surface area contributed by atoms with Gasteiger partial charge in [-0.25, -0.2) is 4.98 Å². The number of aliphatic hydroxyl groups excluding tert-OH is 1. The van der Waals surface area contributed by atoms with Crippen LogP contribution in [0.2, 0.25) is 0 Å². The van der Waals surface area contributed by atoms with Gasteiger partial charge in [-0.15, -0.1) is 11.3 Å². The molecule has 5 nitrogen and oxygen atoms in total. The van der Waals surface area contributed by atoms with E-state index in [0.717, 1.165) is 28.9 Å². The Labute approximate surface area is 110 Å². The fourth-order valence-electron chi connectivity index (χ4n) is 1.75. The molecule has 0 aromatic carbocycles. The highest BCUT2D eigenvalue weighted by Gasteiger charge is 2.09. The molecular weight excluding hydrogens is 248 g/mol. The molecule has 2 aromatic rings. The third-order valence-corrected chi connectivity index (χ3v) is 3.48. The van der Waals surface area contributed by atoms with Crippen LogP contribution in [0.3, 0.4) is 0 Å². The third-order valence-electron chi connectivity index (χ3n) is 2.68. The van der Waals surface area contributed by atoms with Crippen LogP contribution in [-0.4, -0.2) is 34.8 Å². The van der Waals surface area contributed by atoms with Crippen molar-refractivity contribution in [2.45, 2.75) is 25.9 Å². The Hall–Kier alpha value is -1.40. The predicted octanol–water partition coefficient (Wildman–Crippen LogP) is 2.31. The highest BCUT2D eigenvalue weighted by Crippen LogP contribution is 2.26. The van der Waals surface area contributed by atoms with Crippen LogP contribution in [0, 0.1) is 0 Å². The van der Waals surface area contributed by atoms with E-state index in [2.05, 4.69) is 27.5 Å². The first kappa shape index (κ1) is 13.0. The first-order chi connectivity index (χ1) is 8.74. The Kier molecular flexibility index (Phi) is 4.33. The lowest BCUT2D eigenvalue weighted by atomic mass is 10.2. The van der Waals surface area contributed by atoms with Crippen molar-refractivity contribution in [1.82, 2.24) is 9.97 Å². The highest BCUT2D eigenvalue weighted by molar-refractivity contribution is 7.16. The smallest absolute Gasteiger partial charge is 0.225 e. The van der Waals surface area contributed by atoms with Crippen LogP contribution in [0.25, 0.3) is 10.2 Å². The van der Waals surface area contributed by atoms with Crippen molar-refractivity contribution in [3.8, 4) is 0 Å². The highest BCUT2D eigenvalue weighted by atomic mass is 32.1. The zero-order valence-electron chi connectivity index (χ0n) is 10.6. The van der Waals surface area contributed by atoms with Gasteiger partial charge in [0.15, 0.2) is 0 Å². The van der Waals surface area contributed by atoms with Gasteiger partial charge >= 0.3 is 0 Å². The molecule has 0 saturated heterocycles. The molecule has 18 heavy (non-hydrogen) atoms. The summed E-state index contributed by atoms with van der Waals surface area (Å²) in [6, 6.07) is 1.99. The summed E-state index contributed by atoms with van der Waals surface area (Å²) in [4.78, 5) is 9.70. The van der Waals surface area contributed by atoms with Gasteiger partial charge in [0, 0.05) is 13.6 Å². The van der Waals surface area contributed by atoms with E-state index in [1.165, 1.54) is 0 Å². The Balaban J connectivity index is 2.18. The standard InChI is InChI=1S/C12H18N4OS/c1-3-4-8(17)7-14-10-9-5-6-18-11(9)16-12(13-2)15-10/h5-6,8,17H,3-4,7H2,1-2H3,(H2,13,14,15,16). The summed E-state index contributed by atoms with van der Waals surface area (Å²) in [5.41, 5.74) is 0. The molecule has 1 unspecified atom stereocenters. The maximum Gasteiger partial charge on any atom is 0.225 e. The number of nitrogens with one attached hydrogen (secondary N) is 2. The minimum atomic E-state index is -0.336. The summed E-state index contributed by atoms with van der Waals surface area (Å²) in [6.45, 7) is 2.57. The van der Waals surface area contributed by atoms with Crippen LogP contribution < -0.4 is 10.6 Å². The summed E-state index contributed by atoms with van der Waals surface area (Å²) < 4.78 is 0. The molecule has 0 fully saturated rings. The average Bonchev–Trinajstić information content (AvgIpc) is 2.84. The number of nitrogens with zero attached hydrogens (tertiary/aromatic N) is 2. The summed E-state index contributed by atoms with van der Waals surface area (Å²) in [7, 11) is 1.80. The molecule has 0 spiro atoms. The first-order valence-electron chi connectivity index (χ1n) is 6.09. The van der Waals surface area contributed by atoms with Crippen molar-refractivity contribution >= 4 is 33.3 Å². The Morgan fingerprint density at radius 2 is 2.28 bits per heavy atom. The number of hydrogen-bond donors (Lipinski definition) is 3. The second-order valence-corrected chi connectivity index (χ2v) is 5.00. The lowest BCUT2D eigenvalue weighted by molar-refractivity contribution is 0.176. The molecule has 2 aromatic heterocycles. The molecule has 1 atom stereocenters. The number of aromatic nitrogens is 2. The summed E-state index contributed by atoms with van der Waals surface area (Å²) in [5.74, 6) is 1.37. The van der Waals surface area contributed by atoms with E-state index in [1.807, 2.05) is 11.4 Å². The van der Waals surface area contributed by atoms with Crippen molar-refractivity contribution in [3.63, 3.8) is 0 Å². The second kappa shape index (κ2) is 5.97. The molecule has 3 N–H and O–H groups in total. The van der Waals surface area contributed by atoms with Gasteiger partial charge in [0.05, 0.1) is 11.5 Å². The molecule has 98 valence electrons. The van der Waals surface area contributed by atoms with Crippen LogP contribution in [0.15, 0.2) is 11.4 Å². The largest absolute Gasteiger partial charge is 0.391 e. The molecule has 0 bridgehead atoms. The van der Waals surface area contributed by atoms with E-state index in [-0.39, 0.29) is 6.10 Å². The van der Waals surface area contributed by atoms with E-state index in [0.29, 0.717) is 12.5 Å². The molecule has 6 heteroatoms. The quantitative estimate of drug-likeness (QED) is 0.748. The van der Waals surface area contributed by atoms with Crippen LogP contribution in [-0.2, 0) is 0 Å². The number of anilines is 2. The number of hydrogen-bond acceptors (Lipinski definition) is 6. The fraction of sp³-hybridized carbons (Fsp3) is 0.500. The molecule has 0 aliphatic rings. The molecule has 2 rings (SSSR count). The number of thiophene rings is 1. The minimum Gasteiger partial charge on any atom is -0.391 e. The van der Waals surface area contributed by atoms with Crippen molar-refractivity contribution < 1.29 is 5.11 Å². The zero-order valence-corrected chi connectivity index (χ0v) is 11.4. The van der Waals surface area contributed by atoms with Crippen LogP contribution in [0.1, 0.15) is 19.8 Å². The topological polar surface area (TPSA) is 70.1 Å². The van der Waals surface area contributed by atoms with Crippen molar-refractivity contribution in [2.24, 2.45) is 0 Å². The van der Waals surface area contributed by atoms with Gasteiger partial charge in [0.25, 0.3) is 0 Å². The van der Waals surface area contributed by atoms with E-state index in [1.54, 1.807) is 18.4 Å². The Morgan fingerprint density at radius 3 is 3.00 bits per heavy atom. The van der Waals surface area contributed by atoms with Crippen LogP contribution >= 0.6 is 11.3 Å². The van der Waals surface area contributed by atoms with Gasteiger partial charge in [-0.1, -0.05) is 13.3 Å². The van der Waals surface area contributed by atoms with Gasteiger partial charge in [0.1, 0.15) is 10.6 Å². The second-order valence-electron chi connectivity index (χ2n) is 4.11. The van der Waals surface area contributed by atoms with Crippen molar-refractivity contribution in [1.29, 1.82) is 0 Å². The predicted molar refractivity (Wildman–Crippen MR) is 76.4 cm³/mol. The molecule has 0 saturated carbocycles. The lowest BCUT2D eigenvalue weighted by Crippen LogP contribution is -2.19. The summed E-state index contributed by atoms with van der Waals surface area (Å²) in [5, 5.41) is 18.9. The van der Waals surface area contributed by atoms with Crippen LogP contribution in [0.4, 0.5) is 11.8 Å². The Bertz CT molecular complexity index is 514. The maximum absolute atomic E-state index is 9.74. The third kappa shape index (κ3) is 2.88. The molecule has 0 radical (unpaired) electrons. The van der Waals surface area contributed by atoms with Gasteiger partial charge in [0.2, 0.25) is 5.95 Å². The number of fused-ring (bicyclic) bond motifs is 1. The monoisotopic (exact) mass is 266 g/mol. The fourth-order valence-corrected chi connectivity index (χ4v) is 2.52. The molecule has 0 amide bonds. The SMILES string of the molecule is CCCC(O)CNc1nc(NC)nc2sccc12. The number of aliphatic hydroxyl groups is 1. The van der Waals surface area contributed by atoms with Crippen molar-refractivity contribution in [3.05, 3.63) is 11.4 Å². The normalized spacial score (nSPS) is 12.6. The minimum absolute atomic E-state index is 0.336. The molecule has 0 aliphatic carbocycles. The molecular formula is C12H18N4OS. The summed E-state index contributed by atoms with van der Waals surface area (Å²) in [6.07, 6.45) is 1.43. The summed E-state index contributed by atoms with van der Waals surface area (Å²) >= 11 is 1.58. The van der Waals surface area contributed by atoms with Crippen LogP contribution in [0.5, 0.6) is 0 Å². The first-order valence-corrected chi connectivity index (χ1v) is 6.97. The zero-order chi connectivity index (χ0) is 13.0. The number of rotatable bonds is 6. The van der Waals surface area contributed by atoms with Crippen molar-refractivity contribution in [2.75, 3.05) is 24.2 Å². The average molecular weight is 266 g/mol. The van der Waals surface area contributed by atoms with E-state index in [9.17, 15) is 5.11 Å². The van der Waals surface area contributed by atoms with Gasteiger partial charge < -0.3 is 15.7 Å². The molecule has 0 aliphatic heterocycles. The van der Waals surface area contributed by atoms with Gasteiger partial charge in [-0.2, -0.15) is 4.98 Å². The van der Waals surface area contributed by atoms with Gasteiger partial charge in [-0.05, 0) is 17.9 Å². The van der Waals surface area contributed by atoms with E-state index < -0.39 is 0 Å². The maximum atomic E-state index is 9.74. The van der Waals surface area contributed by atoms with Gasteiger partial charge in [-0.3, -0.25) is 0 Å². The Morgan fingerprint density at radius 1 is 1.44 bits per heavy atom. The van der Waals surface area contributed by atoms with E-state index >= 15 is 0 Å². The van der Waals surface area contributed by atoms with E-state index in [4.69, 9.17) is 0 Å². The molecule has 2 heterocycles. The lowest BCUT2D eigenvalue weighted by Gasteiger charge is -2.12.